The van der Waals surface area contributed by atoms with Gasteiger partial charge < -0.3 is 10.2 Å². The number of aliphatic hydroxyl groups excluding tert-OH is 2. The molecule has 1 atom stereocenters. The Kier molecular flexibility index (Phi) is 9.01. The number of rotatable bonds is 12. The predicted molar refractivity (Wildman–Crippen MR) is 99.4 cm³/mol. The van der Waals surface area contributed by atoms with Crippen molar-refractivity contribution in [1.29, 1.82) is 0 Å². The zero-order chi connectivity index (χ0) is 18.9. The van der Waals surface area contributed by atoms with Crippen molar-refractivity contribution in [3.05, 3.63) is 35.4 Å². The highest BCUT2D eigenvalue weighted by Gasteiger charge is 2.18. The van der Waals surface area contributed by atoms with Crippen LogP contribution in [0.4, 0.5) is 0 Å². The number of carbonyl (C=O) groups excluding carboxylic acids is 2. The van der Waals surface area contributed by atoms with Crippen molar-refractivity contribution in [2.75, 3.05) is 13.2 Å². The minimum Gasteiger partial charge on any atom is -0.396 e. The fourth-order valence-corrected chi connectivity index (χ4v) is 2.46. The highest BCUT2D eigenvalue weighted by atomic mass is 16.3. The highest BCUT2D eigenvalue weighted by Crippen LogP contribution is 2.21. The van der Waals surface area contributed by atoms with Crippen molar-refractivity contribution >= 4 is 11.6 Å². The summed E-state index contributed by atoms with van der Waals surface area (Å²) in [4.78, 5) is 24.0. The molecule has 2 N–H and O–H groups in total. The Morgan fingerprint density at radius 1 is 0.960 bits per heavy atom. The quantitative estimate of drug-likeness (QED) is 0.609. The Bertz CT molecular complexity index is 546. The molecule has 0 saturated carbocycles. The molecule has 0 aliphatic rings. The summed E-state index contributed by atoms with van der Waals surface area (Å²) in [5.41, 5.74) is 1.70. The topological polar surface area (TPSA) is 74.6 Å². The second-order valence-electron chi connectivity index (χ2n) is 7.90. The van der Waals surface area contributed by atoms with Gasteiger partial charge in [0.25, 0.3) is 0 Å². The lowest BCUT2D eigenvalue weighted by Gasteiger charge is -2.20. The number of carbonyl (C=O) groups is 2. The molecule has 1 rings (SSSR count). The van der Waals surface area contributed by atoms with Gasteiger partial charge in [-0.25, -0.2) is 0 Å². The van der Waals surface area contributed by atoms with Crippen LogP contribution >= 0.6 is 0 Å². The van der Waals surface area contributed by atoms with Crippen LogP contribution in [-0.4, -0.2) is 35.0 Å². The molecule has 1 unspecified atom stereocenters. The van der Waals surface area contributed by atoms with E-state index in [-0.39, 0.29) is 36.1 Å². The van der Waals surface area contributed by atoms with Crippen molar-refractivity contribution in [3.63, 3.8) is 0 Å². The Morgan fingerprint density at radius 3 is 1.88 bits per heavy atom. The molecule has 0 radical (unpaired) electrons. The smallest absolute Gasteiger partial charge is 0.137 e. The van der Waals surface area contributed by atoms with Gasteiger partial charge in [0.15, 0.2) is 0 Å². The summed E-state index contributed by atoms with van der Waals surface area (Å²) in [6.07, 6.45) is 3.15. The SMILES string of the molecule is CC(CO)CCC(=O)Cc1ccc(CC(=O)CCC(C)(C)CO)cc1. The van der Waals surface area contributed by atoms with E-state index in [9.17, 15) is 14.7 Å². The van der Waals surface area contributed by atoms with Gasteiger partial charge in [0.1, 0.15) is 11.6 Å². The standard InChI is InChI=1S/C21H32O4/c1-16(14-22)4-9-19(24)12-17-5-7-18(8-6-17)13-20(25)10-11-21(2,3)15-23/h5-8,16,22-23H,4,9-15H2,1-3H3. The molecule has 0 aromatic heterocycles. The number of Topliss-reactive ketones (excluding diaryl/α,β-unsaturated/α-hetero) is 2. The fourth-order valence-electron chi connectivity index (χ4n) is 2.46. The molecule has 0 aliphatic heterocycles. The van der Waals surface area contributed by atoms with E-state index in [2.05, 4.69) is 0 Å². The molecule has 0 aliphatic carbocycles. The van der Waals surface area contributed by atoms with Gasteiger partial charge in [0.2, 0.25) is 0 Å². The molecular weight excluding hydrogens is 316 g/mol. The summed E-state index contributed by atoms with van der Waals surface area (Å²) in [6.45, 7) is 6.03. The highest BCUT2D eigenvalue weighted by molar-refractivity contribution is 5.82. The van der Waals surface area contributed by atoms with Crippen molar-refractivity contribution in [2.45, 2.75) is 59.3 Å². The lowest BCUT2D eigenvalue weighted by Crippen LogP contribution is -2.18. The van der Waals surface area contributed by atoms with Crippen LogP contribution in [0.25, 0.3) is 0 Å². The molecule has 140 valence electrons. The van der Waals surface area contributed by atoms with Gasteiger partial charge >= 0.3 is 0 Å². The molecule has 1 aromatic carbocycles. The predicted octanol–water partition coefficient (Wildman–Crippen LogP) is 3.12. The van der Waals surface area contributed by atoms with E-state index in [0.717, 1.165) is 11.1 Å². The zero-order valence-electron chi connectivity index (χ0n) is 15.8. The number of aliphatic hydroxyl groups is 2. The fraction of sp³-hybridized carbons (Fsp3) is 0.619. The molecule has 1 aromatic rings. The van der Waals surface area contributed by atoms with Crippen LogP contribution in [0.15, 0.2) is 24.3 Å². The molecular formula is C21H32O4. The summed E-state index contributed by atoms with van der Waals surface area (Å²) in [5, 5.41) is 18.2. The summed E-state index contributed by atoms with van der Waals surface area (Å²) in [7, 11) is 0. The van der Waals surface area contributed by atoms with Gasteiger partial charge in [-0.3, -0.25) is 9.59 Å². The summed E-state index contributed by atoms with van der Waals surface area (Å²) in [5.74, 6) is 0.506. The average molecular weight is 348 g/mol. The van der Waals surface area contributed by atoms with Crippen LogP contribution in [0.5, 0.6) is 0 Å². The molecule has 0 bridgehead atoms. The van der Waals surface area contributed by atoms with E-state index in [4.69, 9.17) is 5.11 Å². The Hall–Kier alpha value is -1.52. The molecule has 0 amide bonds. The maximum Gasteiger partial charge on any atom is 0.137 e. The Balaban J connectivity index is 2.43. The maximum absolute atomic E-state index is 12.1. The monoisotopic (exact) mass is 348 g/mol. The van der Waals surface area contributed by atoms with Crippen molar-refractivity contribution < 1.29 is 19.8 Å². The van der Waals surface area contributed by atoms with Gasteiger partial charge in [0, 0.05) is 38.9 Å². The van der Waals surface area contributed by atoms with Crippen LogP contribution in [0.3, 0.4) is 0 Å². The van der Waals surface area contributed by atoms with Crippen LogP contribution in [0, 0.1) is 11.3 Å². The third kappa shape index (κ3) is 8.94. The molecule has 0 fully saturated rings. The van der Waals surface area contributed by atoms with Gasteiger partial charge in [-0.15, -0.1) is 0 Å². The van der Waals surface area contributed by atoms with E-state index in [1.54, 1.807) is 0 Å². The average Bonchev–Trinajstić information content (AvgIpc) is 2.59. The zero-order valence-corrected chi connectivity index (χ0v) is 15.8. The minimum atomic E-state index is -0.215. The molecule has 0 heterocycles. The third-order valence-electron chi connectivity index (χ3n) is 4.56. The largest absolute Gasteiger partial charge is 0.396 e. The number of ketones is 2. The van der Waals surface area contributed by atoms with Crippen LogP contribution in [-0.2, 0) is 22.4 Å². The van der Waals surface area contributed by atoms with Gasteiger partial charge in [-0.05, 0) is 35.3 Å². The second kappa shape index (κ2) is 10.5. The van der Waals surface area contributed by atoms with Gasteiger partial charge in [-0.2, -0.15) is 0 Å². The summed E-state index contributed by atoms with van der Waals surface area (Å²) >= 11 is 0. The molecule has 4 nitrogen and oxygen atoms in total. The first-order chi connectivity index (χ1) is 11.8. The second-order valence-corrected chi connectivity index (χ2v) is 7.90. The third-order valence-corrected chi connectivity index (χ3v) is 4.56. The molecule has 25 heavy (non-hydrogen) atoms. The first-order valence-corrected chi connectivity index (χ1v) is 9.08. The Morgan fingerprint density at radius 2 is 1.44 bits per heavy atom. The van der Waals surface area contributed by atoms with Crippen LogP contribution in [0.2, 0.25) is 0 Å². The Labute approximate surface area is 151 Å². The van der Waals surface area contributed by atoms with E-state index < -0.39 is 0 Å². The lowest BCUT2D eigenvalue weighted by atomic mass is 9.87. The maximum atomic E-state index is 12.1. The van der Waals surface area contributed by atoms with Gasteiger partial charge in [-0.1, -0.05) is 45.0 Å². The van der Waals surface area contributed by atoms with Crippen molar-refractivity contribution in [2.24, 2.45) is 11.3 Å². The first-order valence-electron chi connectivity index (χ1n) is 9.08. The van der Waals surface area contributed by atoms with E-state index in [1.807, 2.05) is 45.0 Å². The lowest BCUT2D eigenvalue weighted by molar-refractivity contribution is -0.119. The normalized spacial score (nSPS) is 12.8. The van der Waals surface area contributed by atoms with E-state index in [0.29, 0.717) is 38.5 Å². The van der Waals surface area contributed by atoms with Crippen molar-refractivity contribution in [3.8, 4) is 0 Å². The van der Waals surface area contributed by atoms with Crippen LogP contribution in [0.1, 0.15) is 57.6 Å². The number of hydrogen-bond donors (Lipinski definition) is 2. The summed E-state index contributed by atoms with van der Waals surface area (Å²) in [6, 6.07) is 7.64. The van der Waals surface area contributed by atoms with Crippen LogP contribution < -0.4 is 0 Å². The van der Waals surface area contributed by atoms with Gasteiger partial charge in [0.05, 0.1) is 0 Å². The minimum absolute atomic E-state index is 0.0834. The summed E-state index contributed by atoms with van der Waals surface area (Å²) < 4.78 is 0. The molecule has 0 spiro atoms. The van der Waals surface area contributed by atoms with E-state index >= 15 is 0 Å². The first kappa shape index (κ1) is 21.5. The number of hydrogen-bond acceptors (Lipinski definition) is 4. The number of benzene rings is 1. The molecule has 4 heteroatoms. The van der Waals surface area contributed by atoms with Crippen molar-refractivity contribution in [1.82, 2.24) is 0 Å². The molecule has 0 saturated heterocycles. The van der Waals surface area contributed by atoms with E-state index in [1.165, 1.54) is 0 Å².